The van der Waals surface area contributed by atoms with Crippen LogP contribution >= 0.6 is 0 Å². The number of H-pyrrole nitrogens is 1. The van der Waals surface area contributed by atoms with Crippen LogP contribution in [0, 0.1) is 6.92 Å². The first-order chi connectivity index (χ1) is 14.6. The van der Waals surface area contributed by atoms with Crippen LogP contribution in [0.25, 0.3) is 10.9 Å². The molecule has 2 aromatic carbocycles. The van der Waals surface area contributed by atoms with Gasteiger partial charge in [0, 0.05) is 17.3 Å². The molecule has 5 heteroatoms. The van der Waals surface area contributed by atoms with E-state index in [1.807, 2.05) is 86.6 Å². The lowest BCUT2D eigenvalue weighted by molar-refractivity contribution is -0.148. The number of nitrogens with one attached hydrogen (secondary N) is 1. The van der Waals surface area contributed by atoms with E-state index in [1.54, 1.807) is 6.20 Å². The van der Waals surface area contributed by atoms with E-state index in [9.17, 15) is 9.90 Å². The van der Waals surface area contributed by atoms with E-state index in [0.717, 1.165) is 22.2 Å². The van der Waals surface area contributed by atoms with Crippen molar-refractivity contribution in [2.45, 2.75) is 31.8 Å². The number of carboxylic acids is 1. The van der Waals surface area contributed by atoms with Gasteiger partial charge in [-0.15, -0.1) is 0 Å². The summed E-state index contributed by atoms with van der Waals surface area (Å²) in [6.45, 7) is 3.86. The number of carbonyl (C=O) groups is 1. The highest BCUT2D eigenvalue weighted by Crippen LogP contribution is 2.41. The minimum atomic E-state index is -1.17. The van der Waals surface area contributed by atoms with Crippen molar-refractivity contribution in [3.05, 3.63) is 95.8 Å². The number of nitrogens with zero attached hydrogens (tertiary/aromatic N) is 1. The highest BCUT2D eigenvalue weighted by Gasteiger charge is 2.47. The molecule has 30 heavy (non-hydrogen) atoms. The first-order valence-electron chi connectivity index (χ1n) is 10.0. The maximum atomic E-state index is 12.7. The Hall–Kier alpha value is -3.60. The molecule has 0 aliphatic heterocycles. The van der Waals surface area contributed by atoms with Crippen LogP contribution in [0.4, 0.5) is 0 Å². The predicted molar refractivity (Wildman–Crippen MR) is 117 cm³/mol. The van der Waals surface area contributed by atoms with E-state index in [4.69, 9.17) is 4.74 Å². The summed E-state index contributed by atoms with van der Waals surface area (Å²) in [4.78, 5) is 20.3. The van der Waals surface area contributed by atoms with E-state index in [-0.39, 0.29) is 0 Å². The van der Waals surface area contributed by atoms with Gasteiger partial charge in [-0.05, 0) is 36.6 Å². The zero-order valence-electron chi connectivity index (χ0n) is 17.0. The van der Waals surface area contributed by atoms with E-state index in [0.29, 0.717) is 17.8 Å². The zero-order valence-corrected chi connectivity index (χ0v) is 17.0. The Morgan fingerprint density at radius 3 is 2.20 bits per heavy atom. The molecule has 0 amide bonds. The Morgan fingerprint density at radius 2 is 1.67 bits per heavy atom. The number of aliphatic carboxylic acids is 1. The number of benzene rings is 2. The van der Waals surface area contributed by atoms with Gasteiger partial charge < -0.3 is 14.8 Å². The number of hydrogen-bond acceptors (Lipinski definition) is 3. The van der Waals surface area contributed by atoms with Crippen LogP contribution in [-0.4, -0.2) is 27.1 Å². The molecule has 2 N–H and O–H groups in total. The van der Waals surface area contributed by atoms with Crippen molar-refractivity contribution in [2.24, 2.45) is 0 Å². The lowest BCUT2D eigenvalue weighted by Gasteiger charge is -2.38. The van der Waals surface area contributed by atoms with Crippen LogP contribution in [0.1, 0.15) is 30.2 Å². The molecule has 152 valence electrons. The van der Waals surface area contributed by atoms with Gasteiger partial charge in [-0.25, -0.2) is 9.78 Å². The van der Waals surface area contributed by atoms with Crippen molar-refractivity contribution in [1.29, 1.82) is 0 Å². The molecule has 5 nitrogen and oxygen atoms in total. The maximum Gasteiger partial charge on any atom is 0.346 e. The Morgan fingerprint density at radius 1 is 1.07 bits per heavy atom. The maximum absolute atomic E-state index is 12.7. The van der Waals surface area contributed by atoms with Gasteiger partial charge in [0.25, 0.3) is 0 Å². The molecule has 2 aromatic heterocycles. The number of aryl methyl sites for hydroxylation is 1. The van der Waals surface area contributed by atoms with Crippen LogP contribution in [0.2, 0.25) is 0 Å². The van der Waals surface area contributed by atoms with Gasteiger partial charge in [0.2, 0.25) is 12.0 Å². The van der Waals surface area contributed by atoms with Gasteiger partial charge in [0.1, 0.15) is 5.52 Å². The second-order valence-electron chi connectivity index (χ2n) is 7.40. The van der Waals surface area contributed by atoms with Crippen molar-refractivity contribution in [2.75, 3.05) is 0 Å². The molecule has 0 saturated carbocycles. The van der Waals surface area contributed by atoms with Crippen LogP contribution in [-0.2, 0) is 10.2 Å². The molecule has 0 saturated heterocycles. The fraction of sp³-hybridized carbons (Fsp3) is 0.200. The standard InChI is InChI=1S/C25H24N2O3/c1-3-25(19-10-6-4-7-11-19,20-12-8-5-9-13-20)22(24(28)29)30-23-21-18(14-15-26-21)16-17(2)27-23/h4-16,22,26H,3H2,1-2H3,(H,28,29). The molecule has 0 radical (unpaired) electrons. The van der Waals surface area contributed by atoms with Crippen LogP contribution in [0.5, 0.6) is 5.88 Å². The lowest BCUT2D eigenvalue weighted by atomic mass is 9.68. The fourth-order valence-corrected chi connectivity index (χ4v) is 4.25. The van der Waals surface area contributed by atoms with Gasteiger partial charge in [-0.1, -0.05) is 67.6 Å². The van der Waals surface area contributed by atoms with Crippen molar-refractivity contribution in [1.82, 2.24) is 9.97 Å². The highest BCUT2D eigenvalue weighted by atomic mass is 16.5. The van der Waals surface area contributed by atoms with Gasteiger partial charge >= 0.3 is 5.97 Å². The Labute approximate surface area is 175 Å². The first kappa shape index (κ1) is 19.7. The van der Waals surface area contributed by atoms with E-state index >= 15 is 0 Å². The first-order valence-corrected chi connectivity index (χ1v) is 10.0. The Bertz CT molecular complexity index is 1110. The molecule has 1 atom stereocenters. The lowest BCUT2D eigenvalue weighted by Crippen LogP contribution is -2.49. The summed E-state index contributed by atoms with van der Waals surface area (Å²) in [5, 5.41) is 11.3. The molecule has 0 bridgehead atoms. The molecule has 1 unspecified atom stereocenters. The van der Waals surface area contributed by atoms with Crippen molar-refractivity contribution in [3.63, 3.8) is 0 Å². The van der Waals surface area contributed by atoms with Crippen molar-refractivity contribution in [3.8, 4) is 5.88 Å². The number of rotatable bonds is 7. The van der Waals surface area contributed by atoms with Gasteiger partial charge in [0.05, 0.1) is 5.41 Å². The molecule has 0 spiro atoms. The number of hydrogen-bond donors (Lipinski definition) is 2. The minimum absolute atomic E-state index is 0.298. The third-order valence-electron chi connectivity index (χ3n) is 5.67. The number of aromatic amines is 1. The zero-order chi connectivity index (χ0) is 21.1. The minimum Gasteiger partial charge on any atom is -0.478 e. The van der Waals surface area contributed by atoms with Crippen LogP contribution in [0.15, 0.2) is 79.0 Å². The van der Waals surface area contributed by atoms with Crippen molar-refractivity contribution >= 4 is 16.9 Å². The smallest absolute Gasteiger partial charge is 0.346 e. The topological polar surface area (TPSA) is 75.2 Å². The largest absolute Gasteiger partial charge is 0.478 e. The summed E-state index contributed by atoms with van der Waals surface area (Å²) in [5.74, 6) is -0.736. The van der Waals surface area contributed by atoms with Crippen molar-refractivity contribution < 1.29 is 14.6 Å². The molecule has 2 heterocycles. The number of ether oxygens (including phenoxy) is 1. The average molecular weight is 400 g/mol. The fourth-order valence-electron chi connectivity index (χ4n) is 4.25. The summed E-state index contributed by atoms with van der Waals surface area (Å²) in [6, 6.07) is 23.3. The normalized spacial score (nSPS) is 12.6. The van der Waals surface area contributed by atoms with E-state index in [2.05, 4.69) is 9.97 Å². The van der Waals surface area contributed by atoms with E-state index < -0.39 is 17.5 Å². The van der Waals surface area contributed by atoms with Crippen LogP contribution < -0.4 is 4.74 Å². The van der Waals surface area contributed by atoms with Crippen LogP contribution in [0.3, 0.4) is 0 Å². The predicted octanol–water partition coefficient (Wildman–Crippen LogP) is 5.10. The van der Waals surface area contributed by atoms with Gasteiger partial charge in [-0.2, -0.15) is 0 Å². The Kier molecular flexibility index (Phi) is 5.27. The van der Waals surface area contributed by atoms with Gasteiger partial charge in [-0.3, -0.25) is 0 Å². The summed E-state index contributed by atoms with van der Waals surface area (Å²) in [7, 11) is 0. The number of aromatic nitrogens is 2. The molecular formula is C25H24N2O3. The number of carboxylic acid groups (broad SMARTS) is 1. The summed E-state index contributed by atoms with van der Waals surface area (Å²) in [5.41, 5.74) is 2.35. The quantitative estimate of drug-likeness (QED) is 0.453. The average Bonchev–Trinajstić information content (AvgIpc) is 3.24. The molecular weight excluding hydrogens is 376 g/mol. The summed E-state index contributed by atoms with van der Waals surface area (Å²) in [6.07, 6.45) is 1.17. The second-order valence-corrected chi connectivity index (χ2v) is 7.40. The summed E-state index contributed by atoms with van der Waals surface area (Å²) >= 11 is 0. The molecule has 4 aromatic rings. The number of fused-ring (bicyclic) bond motifs is 1. The third-order valence-corrected chi connectivity index (χ3v) is 5.67. The number of pyridine rings is 1. The third kappa shape index (κ3) is 3.32. The monoisotopic (exact) mass is 400 g/mol. The molecule has 0 aliphatic carbocycles. The van der Waals surface area contributed by atoms with Gasteiger partial charge in [0.15, 0.2) is 0 Å². The highest BCUT2D eigenvalue weighted by molar-refractivity contribution is 5.85. The molecule has 4 rings (SSSR count). The molecule has 0 fully saturated rings. The SMILES string of the molecule is CCC(c1ccccc1)(c1ccccc1)C(Oc1nc(C)cc2cc[nH]c12)C(=O)O. The van der Waals surface area contributed by atoms with E-state index in [1.165, 1.54) is 0 Å². The summed E-state index contributed by atoms with van der Waals surface area (Å²) < 4.78 is 6.25. The Balaban J connectivity index is 1.92. The second kappa shape index (κ2) is 8.03. The molecule has 0 aliphatic rings.